The van der Waals surface area contributed by atoms with Crippen molar-refractivity contribution in [1.29, 1.82) is 0 Å². The molecule has 1 atom stereocenters. The number of anilines is 1. The van der Waals surface area contributed by atoms with Gasteiger partial charge in [0, 0.05) is 51.3 Å². The predicted molar refractivity (Wildman–Crippen MR) is 127 cm³/mol. The first-order valence-electron chi connectivity index (χ1n) is 12.3. The van der Waals surface area contributed by atoms with Crippen LogP contribution in [0.5, 0.6) is 11.5 Å². The summed E-state index contributed by atoms with van der Waals surface area (Å²) >= 11 is 0. The lowest BCUT2D eigenvalue weighted by atomic mass is 10.0. The van der Waals surface area contributed by atoms with Crippen LogP contribution < -0.4 is 19.7 Å². The number of ether oxygens (including phenoxy) is 2. The molecule has 1 N–H and O–H groups in total. The van der Waals surface area contributed by atoms with Crippen molar-refractivity contribution in [2.45, 2.75) is 32.0 Å². The van der Waals surface area contributed by atoms with E-state index in [1.54, 1.807) is 6.07 Å². The first-order chi connectivity index (χ1) is 17.5. The lowest BCUT2D eigenvalue weighted by molar-refractivity contribution is -0.136. The molecular weight excluding hydrogens is 467 g/mol. The highest BCUT2D eigenvalue weighted by Crippen LogP contribution is 2.34. The van der Waals surface area contributed by atoms with Crippen molar-refractivity contribution in [1.82, 2.24) is 15.1 Å². The minimum absolute atomic E-state index is 0.187. The highest BCUT2D eigenvalue weighted by molar-refractivity contribution is 6.05. The van der Waals surface area contributed by atoms with Crippen LogP contribution in [0, 0.1) is 5.82 Å². The zero-order valence-electron chi connectivity index (χ0n) is 19.8. The van der Waals surface area contributed by atoms with Crippen LogP contribution in [0.15, 0.2) is 30.3 Å². The lowest BCUT2D eigenvalue weighted by Gasteiger charge is -2.36. The molecule has 0 aliphatic carbocycles. The highest BCUT2D eigenvalue weighted by atomic mass is 19.1. The third-order valence-electron chi connectivity index (χ3n) is 7.32. The number of hydrogen-bond donors (Lipinski definition) is 1. The maximum Gasteiger partial charge on any atom is 0.255 e. The Morgan fingerprint density at radius 2 is 1.75 bits per heavy atom. The molecule has 4 aliphatic rings. The number of nitrogens with one attached hydrogen (secondary N) is 1. The molecule has 10 heteroatoms. The van der Waals surface area contributed by atoms with Crippen molar-refractivity contribution in [2.24, 2.45) is 0 Å². The molecule has 0 aromatic heterocycles. The fourth-order valence-electron chi connectivity index (χ4n) is 5.41. The van der Waals surface area contributed by atoms with Crippen LogP contribution in [0.4, 0.5) is 10.1 Å². The number of rotatable bonds is 4. The van der Waals surface area contributed by atoms with Gasteiger partial charge in [0.2, 0.25) is 11.8 Å². The van der Waals surface area contributed by atoms with Gasteiger partial charge < -0.3 is 19.3 Å². The molecule has 2 aromatic carbocycles. The number of nitrogens with zero attached hydrogens (tertiary/aromatic N) is 3. The number of carbonyl (C=O) groups excluding carboxylic acids is 3. The molecule has 2 aromatic rings. The quantitative estimate of drug-likeness (QED) is 0.647. The average molecular weight is 495 g/mol. The van der Waals surface area contributed by atoms with Crippen LogP contribution in [-0.2, 0) is 22.7 Å². The molecule has 2 fully saturated rings. The van der Waals surface area contributed by atoms with Gasteiger partial charge in [-0.3, -0.25) is 24.6 Å². The van der Waals surface area contributed by atoms with E-state index >= 15 is 4.39 Å². The second-order valence-corrected chi connectivity index (χ2v) is 9.60. The molecular formula is C26H27FN4O5. The molecule has 36 heavy (non-hydrogen) atoms. The van der Waals surface area contributed by atoms with Crippen molar-refractivity contribution in [3.8, 4) is 11.5 Å². The normalized spacial score (nSPS) is 22.0. The van der Waals surface area contributed by atoms with Crippen LogP contribution in [0.3, 0.4) is 0 Å². The number of halogens is 1. The Morgan fingerprint density at radius 3 is 2.53 bits per heavy atom. The Morgan fingerprint density at radius 1 is 0.972 bits per heavy atom. The van der Waals surface area contributed by atoms with Crippen molar-refractivity contribution in [3.05, 3.63) is 52.8 Å². The van der Waals surface area contributed by atoms with E-state index in [-0.39, 0.29) is 36.8 Å². The first kappa shape index (κ1) is 22.8. The van der Waals surface area contributed by atoms with Gasteiger partial charge in [0.25, 0.3) is 5.91 Å². The molecule has 0 bridgehead atoms. The van der Waals surface area contributed by atoms with Gasteiger partial charge in [0.15, 0.2) is 11.5 Å². The number of benzene rings is 2. The zero-order valence-corrected chi connectivity index (χ0v) is 19.8. The van der Waals surface area contributed by atoms with Gasteiger partial charge >= 0.3 is 0 Å². The van der Waals surface area contributed by atoms with Gasteiger partial charge in [-0.1, -0.05) is 6.07 Å². The van der Waals surface area contributed by atoms with Gasteiger partial charge in [-0.2, -0.15) is 0 Å². The average Bonchev–Trinajstić information content (AvgIpc) is 3.19. The van der Waals surface area contributed by atoms with Gasteiger partial charge in [-0.15, -0.1) is 0 Å². The Balaban J connectivity index is 1.11. The summed E-state index contributed by atoms with van der Waals surface area (Å²) in [5.74, 6) is -0.0548. The summed E-state index contributed by atoms with van der Waals surface area (Å²) in [7, 11) is 0. The van der Waals surface area contributed by atoms with Crippen molar-refractivity contribution in [3.63, 3.8) is 0 Å². The molecule has 188 valence electrons. The van der Waals surface area contributed by atoms with E-state index in [9.17, 15) is 14.4 Å². The summed E-state index contributed by atoms with van der Waals surface area (Å²) in [4.78, 5) is 42.5. The minimum atomic E-state index is -0.710. The molecule has 9 nitrogen and oxygen atoms in total. The Labute approximate surface area is 207 Å². The number of fused-ring (bicyclic) bond motifs is 2. The molecule has 0 saturated carbocycles. The van der Waals surface area contributed by atoms with E-state index < -0.39 is 17.8 Å². The Bertz CT molecular complexity index is 1240. The van der Waals surface area contributed by atoms with E-state index in [0.29, 0.717) is 37.6 Å². The smallest absolute Gasteiger partial charge is 0.255 e. The summed E-state index contributed by atoms with van der Waals surface area (Å²) in [5.41, 5.74) is 2.62. The second-order valence-electron chi connectivity index (χ2n) is 9.60. The number of hydrogen-bond acceptors (Lipinski definition) is 7. The molecule has 1 unspecified atom stereocenters. The molecule has 4 aliphatic heterocycles. The molecule has 6 rings (SSSR count). The number of piperazine rings is 1. The Hall–Kier alpha value is -3.66. The zero-order chi connectivity index (χ0) is 24.8. The largest absolute Gasteiger partial charge is 0.486 e. The number of carbonyl (C=O) groups is 3. The topological polar surface area (TPSA) is 91.4 Å². The molecule has 4 heterocycles. The summed E-state index contributed by atoms with van der Waals surface area (Å²) in [5, 5.41) is 2.29. The summed E-state index contributed by atoms with van der Waals surface area (Å²) in [6.07, 6.45) is 0.470. The van der Waals surface area contributed by atoms with Crippen LogP contribution in [0.1, 0.15) is 34.3 Å². The van der Waals surface area contributed by atoms with E-state index in [1.165, 1.54) is 11.0 Å². The van der Waals surface area contributed by atoms with Crippen LogP contribution in [-0.4, -0.2) is 73.0 Å². The van der Waals surface area contributed by atoms with Gasteiger partial charge in [0.05, 0.1) is 5.69 Å². The second kappa shape index (κ2) is 9.09. The number of piperidine rings is 1. The third kappa shape index (κ3) is 4.15. The van der Waals surface area contributed by atoms with Gasteiger partial charge in [-0.05, 0) is 41.8 Å². The SMILES string of the molecule is O=C1CCC(N2Cc3cc(N4CCN(Cc5ccc6c(c5)OCCO6)CC4)c(F)cc3C2=O)C(=O)N1. The summed E-state index contributed by atoms with van der Waals surface area (Å²) in [6.45, 7) is 4.98. The number of imide groups is 1. The fraction of sp³-hybridized carbons (Fsp3) is 0.423. The maximum atomic E-state index is 15.1. The van der Waals surface area contributed by atoms with Gasteiger partial charge in [-0.25, -0.2) is 4.39 Å². The monoisotopic (exact) mass is 494 g/mol. The van der Waals surface area contributed by atoms with Crippen molar-refractivity contribution < 1.29 is 28.2 Å². The maximum absolute atomic E-state index is 15.1. The van der Waals surface area contributed by atoms with E-state index in [0.717, 1.165) is 36.7 Å². The molecule has 2 saturated heterocycles. The van der Waals surface area contributed by atoms with E-state index in [1.807, 2.05) is 23.1 Å². The van der Waals surface area contributed by atoms with E-state index in [2.05, 4.69) is 10.2 Å². The highest BCUT2D eigenvalue weighted by Gasteiger charge is 2.40. The molecule has 0 spiro atoms. The van der Waals surface area contributed by atoms with Crippen LogP contribution in [0.2, 0.25) is 0 Å². The van der Waals surface area contributed by atoms with Gasteiger partial charge in [0.1, 0.15) is 25.1 Å². The molecule has 3 amide bonds. The van der Waals surface area contributed by atoms with E-state index in [4.69, 9.17) is 9.47 Å². The van der Waals surface area contributed by atoms with Crippen molar-refractivity contribution >= 4 is 23.4 Å². The number of amides is 3. The van der Waals surface area contributed by atoms with Crippen LogP contribution >= 0.6 is 0 Å². The minimum Gasteiger partial charge on any atom is -0.486 e. The predicted octanol–water partition coefficient (Wildman–Crippen LogP) is 1.68. The summed E-state index contributed by atoms with van der Waals surface area (Å²) in [6, 6.07) is 8.33. The standard InChI is InChI=1S/C26H27FN4O5/c27-19-13-18-17(15-31(26(18)34)20-2-4-24(32)28-25(20)33)12-21(19)30-7-5-29(6-8-30)14-16-1-3-22-23(11-16)36-10-9-35-22/h1,3,11-13,20H,2,4-10,14-15H2,(H,28,32,33). The van der Waals surface area contributed by atoms with Crippen LogP contribution in [0.25, 0.3) is 0 Å². The van der Waals surface area contributed by atoms with Crippen molar-refractivity contribution in [2.75, 3.05) is 44.3 Å². The molecule has 0 radical (unpaired) electrons. The Kier molecular flexibility index (Phi) is 5.75. The first-order valence-corrected chi connectivity index (χ1v) is 12.3. The summed E-state index contributed by atoms with van der Waals surface area (Å²) < 4.78 is 26.4. The third-order valence-corrected chi connectivity index (χ3v) is 7.32. The lowest BCUT2D eigenvalue weighted by Crippen LogP contribution is -2.52. The fourth-order valence-corrected chi connectivity index (χ4v) is 5.41.